The van der Waals surface area contributed by atoms with Gasteiger partial charge in [0.25, 0.3) is 0 Å². The van der Waals surface area contributed by atoms with Crippen LogP contribution in [-0.2, 0) is 29.1 Å². The molecule has 1 saturated heterocycles. The Hall–Kier alpha value is -2.77. The summed E-state index contributed by atoms with van der Waals surface area (Å²) in [5.41, 5.74) is 5.12. The molecule has 2 aromatic rings. The maximum absolute atomic E-state index is 12.8. The SMILES string of the molecule is CC(=O)N1CCCC1c1ncc2c(n1)CCN(C(=O)Cn1nc(C)c(C)c1C)C2. The smallest absolute Gasteiger partial charge is 0.244 e. The molecule has 2 amide bonds. The molecule has 8 nitrogen and oxygen atoms in total. The van der Waals surface area contributed by atoms with Crippen molar-refractivity contribution >= 4 is 11.8 Å². The first-order valence-corrected chi connectivity index (χ1v) is 10.3. The van der Waals surface area contributed by atoms with Crippen LogP contribution in [0.15, 0.2) is 6.20 Å². The zero-order chi connectivity index (χ0) is 20.7. The Kier molecular flexibility index (Phi) is 5.10. The van der Waals surface area contributed by atoms with Crippen molar-refractivity contribution in [3.63, 3.8) is 0 Å². The Bertz CT molecular complexity index is 966. The first-order chi connectivity index (χ1) is 13.8. The van der Waals surface area contributed by atoms with E-state index in [1.54, 1.807) is 11.6 Å². The van der Waals surface area contributed by atoms with Crippen molar-refractivity contribution in [2.75, 3.05) is 13.1 Å². The molecule has 0 saturated carbocycles. The monoisotopic (exact) mass is 396 g/mol. The van der Waals surface area contributed by atoms with Crippen molar-refractivity contribution in [1.29, 1.82) is 0 Å². The van der Waals surface area contributed by atoms with E-state index in [1.807, 2.05) is 36.8 Å². The van der Waals surface area contributed by atoms with Gasteiger partial charge in [0.1, 0.15) is 6.54 Å². The number of amides is 2. The molecule has 0 spiro atoms. The molecule has 4 rings (SSSR count). The molecule has 0 aliphatic carbocycles. The third-order valence-electron chi connectivity index (χ3n) is 6.29. The molecule has 2 aliphatic heterocycles. The molecule has 8 heteroatoms. The van der Waals surface area contributed by atoms with E-state index in [9.17, 15) is 9.59 Å². The third kappa shape index (κ3) is 3.63. The maximum Gasteiger partial charge on any atom is 0.244 e. The molecular weight excluding hydrogens is 368 g/mol. The van der Waals surface area contributed by atoms with Crippen LogP contribution in [0.1, 0.15) is 59.8 Å². The lowest BCUT2D eigenvalue weighted by Crippen LogP contribution is -2.39. The average Bonchev–Trinajstić information content (AvgIpc) is 3.29. The molecule has 2 aromatic heterocycles. The lowest BCUT2D eigenvalue weighted by atomic mass is 10.1. The number of hydrogen-bond donors (Lipinski definition) is 0. The van der Waals surface area contributed by atoms with Gasteiger partial charge in [-0.1, -0.05) is 0 Å². The number of carbonyl (C=O) groups is 2. The van der Waals surface area contributed by atoms with Crippen LogP contribution in [0.5, 0.6) is 0 Å². The molecule has 1 unspecified atom stereocenters. The highest BCUT2D eigenvalue weighted by Gasteiger charge is 2.31. The summed E-state index contributed by atoms with van der Waals surface area (Å²) in [4.78, 5) is 37.7. The molecule has 29 heavy (non-hydrogen) atoms. The average molecular weight is 396 g/mol. The van der Waals surface area contributed by atoms with Gasteiger partial charge in [-0.3, -0.25) is 14.3 Å². The topological polar surface area (TPSA) is 84.2 Å². The summed E-state index contributed by atoms with van der Waals surface area (Å²) in [6.45, 7) is 9.78. The van der Waals surface area contributed by atoms with Crippen LogP contribution in [0.4, 0.5) is 0 Å². The largest absolute Gasteiger partial charge is 0.336 e. The van der Waals surface area contributed by atoms with E-state index in [0.717, 1.165) is 53.4 Å². The zero-order valence-corrected chi connectivity index (χ0v) is 17.6. The standard InChI is InChI=1S/C21H28N6O2/c1-13-14(2)24-27(15(13)3)12-20(29)25-9-7-18-17(11-25)10-22-21(23-18)19-6-5-8-26(19)16(4)28/h10,19H,5-9,11-12H2,1-4H3. The Balaban J connectivity index is 1.47. The van der Waals surface area contributed by atoms with Crippen LogP contribution < -0.4 is 0 Å². The first kappa shape index (κ1) is 19.5. The van der Waals surface area contributed by atoms with E-state index >= 15 is 0 Å². The predicted octanol–water partition coefficient (Wildman–Crippen LogP) is 1.87. The summed E-state index contributed by atoms with van der Waals surface area (Å²) in [6.07, 6.45) is 4.44. The van der Waals surface area contributed by atoms with Crippen LogP contribution in [0, 0.1) is 20.8 Å². The van der Waals surface area contributed by atoms with Gasteiger partial charge in [-0.05, 0) is 39.2 Å². The zero-order valence-electron chi connectivity index (χ0n) is 17.6. The Morgan fingerprint density at radius 3 is 2.69 bits per heavy atom. The Morgan fingerprint density at radius 2 is 2.00 bits per heavy atom. The van der Waals surface area contributed by atoms with E-state index in [0.29, 0.717) is 19.5 Å². The highest BCUT2D eigenvalue weighted by molar-refractivity contribution is 5.76. The van der Waals surface area contributed by atoms with Gasteiger partial charge >= 0.3 is 0 Å². The fraction of sp³-hybridized carbons (Fsp3) is 0.571. The number of aryl methyl sites for hydroxylation is 1. The maximum atomic E-state index is 12.8. The van der Waals surface area contributed by atoms with Crippen LogP contribution in [0.3, 0.4) is 0 Å². The van der Waals surface area contributed by atoms with Gasteiger partial charge in [0.2, 0.25) is 11.8 Å². The van der Waals surface area contributed by atoms with Crippen molar-refractivity contribution < 1.29 is 9.59 Å². The van der Waals surface area contributed by atoms with Crippen LogP contribution in [-0.4, -0.2) is 54.5 Å². The summed E-state index contributed by atoms with van der Waals surface area (Å²) >= 11 is 0. The predicted molar refractivity (Wildman–Crippen MR) is 107 cm³/mol. The summed E-state index contributed by atoms with van der Waals surface area (Å²) in [6, 6.07) is -0.0215. The summed E-state index contributed by atoms with van der Waals surface area (Å²) in [5.74, 6) is 0.864. The molecule has 2 aliphatic rings. The van der Waals surface area contributed by atoms with Gasteiger partial charge in [0.15, 0.2) is 5.82 Å². The normalized spacial score (nSPS) is 18.8. The summed E-state index contributed by atoms with van der Waals surface area (Å²) in [7, 11) is 0. The molecule has 0 radical (unpaired) electrons. The van der Waals surface area contributed by atoms with Gasteiger partial charge in [-0.2, -0.15) is 5.10 Å². The van der Waals surface area contributed by atoms with Crippen molar-refractivity contribution in [2.45, 2.75) is 66.1 Å². The number of rotatable bonds is 3. The molecule has 1 fully saturated rings. The Labute approximate surface area is 170 Å². The van der Waals surface area contributed by atoms with E-state index < -0.39 is 0 Å². The molecular formula is C21H28N6O2. The number of carbonyl (C=O) groups excluding carboxylic acids is 2. The first-order valence-electron chi connectivity index (χ1n) is 10.3. The number of likely N-dealkylation sites (tertiary alicyclic amines) is 1. The Morgan fingerprint density at radius 1 is 1.21 bits per heavy atom. The van der Waals surface area contributed by atoms with Gasteiger partial charge < -0.3 is 9.80 Å². The van der Waals surface area contributed by atoms with Crippen LogP contribution in [0.25, 0.3) is 0 Å². The van der Waals surface area contributed by atoms with Crippen LogP contribution in [0.2, 0.25) is 0 Å². The number of fused-ring (bicyclic) bond motifs is 1. The second kappa shape index (κ2) is 7.57. The highest BCUT2D eigenvalue weighted by Crippen LogP contribution is 2.30. The van der Waals surface area contributed by atoms with Gasteiger partial charge in [-0.15, -0.1) is 0 Å². The van der Waals surface area contributed by atoms with E-state index in [1.165, 1.54) is 0 Å². The van der Waals surface area contributed by atoms with Gasteiger partial charge in [0.05, 0.1) is 17.4 Å². The quantitative estimate of drug-likeness (QED) is 0.791. The molecule has 154 valence electrons. The molecule has 1 atom stereocenters. The summed E-state index contributed by atoms with van der Waals surface area (Å²) < 4.78 is 1.79. The number of hydrogen-bond acceptors (Lipinski definition) is 5. The fourth-order valence-corrected chi connectivity index (χ4v) is 4.29. The van der Waals surface area contributed by atoms with E-state index in [-0.39, 0.29) is 24.4 Å². The lowest BCUT2D eigenvalue weighted by Gasteiger charge is -2.29. The third-order valence-corrected chi connectivity index (χ3v) is 6.29. The minimum absolute atomic E-state index is 0.0215. The molecule has 4 heterocycles. The van der Waals surface area contributed by atoms with Crippen molar-refractivity contribution in [2.24, 2.45) is 0 Å². The van der Waals surface area contributed by atoms with E-state index in [4.69, 9.17) is 4.98 Å². The minimum Gasteiger partial charge on any atom is -0.336 e. The summed E-state index contributed by atoms with van der Waals surface area (Å²) in [5, 5.41) is 4.48. The van der Waals surface area contributed by atoms with Gasteiger partial charge in [0, 0.05) is 50.4 Å². The van der Waals surface area contributed by atoms with E-state index in [2.05, 4.69) is 10.1 Å². The van der Waals surface area contributed by atoms with Crippen molar-refractivity contribution in [3.8, 4) is 0 Å². The van der Waals surface area contributed by atoms with Crippen molar-refractivity contribution in [3.05, 3.63) is 40.2 Å². The van der Waals surface area contributed by atoms with Crippen molar-refractivity contribution in [1.82, 2.24) is 29.5 Å². The second-order valence-corrected chi connectivity index (χ2v) is 8.09. The lowest BCUT2D eigenvalue weighted by molar-refractivity contribution is -0.133. The second-order valence-electron chi connectivity index (χ2n) is 8.09. The molecule has 0 bridgehead atoms. The minimum atomic E-state index is -0.0215. The number of aromatic nitrogens is 4. The fourth-order valence-electron chi connectivity index (χ4n) is 4.29. The highest BCUT2D eigenvalue weighted by atomic mass is 16.2. The number of nitrogens with zero attached hydrogens (tertiary/aromatic N) is 6. The molecule has 0 N–H and O–H groups in total. The van der Waals surface area contributed by atoms with Gasteiger partial charge in [-0.25, -0.2) is 9.97 Å². The molecule has 0 aromatic carbocycles. The van der Waals surface area contributed by atoms with Crippen LogP contribution >= 0.6 is 0 Å².